The lowest BCUT2D eigenvalue weighted by molar-refractivity contribution is -0.118. The lowest BCUT2D eigenvalue weighted by Gasteiger charge is -2.10. The Labute approximate surface area is 225 Å². The van der Waals surface area contributed by atoms with Gasteiger partial charge in [0.25, 0.3) is 5.91 Å². The van der Waals surface area contributed by atoms with Crippen molar-refractivity contribution < 1.29 is 9.53 Å². The van der Waals surface area contributed by atoms with Gasteiger partial charge in [-0.3, -0.25) is 9.36 Å². The van der Waals surface area contributed by atoms with Crippen molar-refractivity contribution >= 4 is 23.9 Å². The largest absolute Gasteiger partial charge is 0.489 e. The van der Waals surface area contributed by atoms with Crippen LogP contribution in [-0.4, -0.2) is 32.6 Å². The number of hydrogen-bond donors (Lipinski definition) is 1. The number of nitrogens with one attached hydrogen (secondary N) is 1. The molecule has 0 aliphatic heterocycles. The van der Waals surface area contributed by atoms with Crippen molar-refractivity contribution in [1.82, 2.24) is 20.2 Å². The predicted molar refractivity (Wildman–Crippen MR) is 150 cm³/mol. The average Bonchev–Trinajstić information content (AvgIpc) is 3.41. The standard InChI is InChI=1S/C30H25N5O2S/c36-28(32-31-20-23-16-18-27(19-17-23)37-21-24-10-4-1-5-11-24)22-38-30-34-33-29(25-12-6-2-7-13-25)35(30)26-14-8-3-9-15-26/h1-20H,21-22H2,(H,32,36)/b31-20-. The summed E-state index contributed by atoms with van der Waals surface area (Å²) in [5.74, 6) is 1.39. The minimum absolute atomic E-state index is 0.142. The van der Waals surface area contributed by atoms with E-state index in [-0.39, 0.29) is 11.7 Å². The van der Waals surface area contributed by atoms with Crippen molar-refractivity contribution in [1.29, 1.82) is 0 Å². The van der Waals surface area contributed by atoms with Crippen molar-refractivity contribution in [3.05, 3.63) is 126 Å². The minimum Gasteiger partial charge on any atom is -0.489 e. The van der Waals surface area contributed by atoms with Gasteiger partial charge < -0.3 is 4.74 Å². The molecule has 0 saturated carbocycles. The lowest BCUT2D eigenvalue weighted by Crippen LogP contribution is -2.20. The molecule has 0 bridgehead atoms. The summed E-state index contributed by atoms with van der Waals surface area (Å²) >= 11 is 1.30. The van der Waals surface area contributed by atoms with Gasteiger partial charge in [0.15, 0.2) is 11.0 Å². The van der Waals surface area contributed by atoms with Crippen LogP contribution in [0.1, 0.15) is 11.1 Å². The highest BCUT2D eigenvalue weighted by molar-refractivity contribution is 7.99. The molecule has 38 heavy (non-hydrogen) atoms. The monoisotopic (exact) mass is 519 g/mol. The molecule has 0 radical (unpaired) electrons. The number of rotatable bonds is 10. The van der Waals surface area contributed by atoms with E-state index in [4.69, 9.17) is 4.74 Å². The molecule has 1 amide bonds. The zero-order chi connectivity index (χ0) is 26.0. The fourth-order valence-corrected chi connectivity index (χ4v) is 4.42. The summed E-state index contributed by atoms with van der Waals surface area (Å²) < 4.78 is 7.76. The summed E-state index contributed by atoms with van der Waals surface area (Å²) in [6.45, 7) is 0.507. The van der Waals surface area contributed by atoms with Crippen molar-refractivity contribution in [2.75, 3.05) is 5.75 Å². The normalized spacial score (nSPS) is 10.9. The van der Waals surface area contributed by atoms with Gasteiger partial charge in [0.1, 0.15) is 12.4 Å². The van der Waals surface area contributed by atoms with Gasteiger partial charge in [-0.1, -0.05) is 90.6 Å². The summed E-state index contributed by atoms with van der Waals surface area (Å²) in [5.41, 5.74) is 6.41. The van der Waals surface area contributed by atoms with E-state index >= 15 is 0 Å². The first kappa shape index (κ1) is 25.0. The molecule has 0 atom stereocenters. The van der Waals surface area contributed by atoms with Crippen LogP contribution in [0.25, 0.3) is 17.1 Å². The number of para-hydroxylation sites is 1. The Morgan fingerprint density at radius 3 is 2.21 bits per heavy atom. The Morgan fingerprint density at radius 1 is 0.842 bits per heavy atom. The van der Waals surface area contributed by atoms with Gasteiger partial charge in [0, 0.05) is 11.3 Å². The van der Waals surface area contributed by atoms with Gasteiger partial charge >= 0.3 is 0 Å². The van der Waals surface area contributed by atoms with E-state index in [1.165, 1.54) is 11.8 Å². The van der Waals surface area contributed by atoms with E-state index in [1.54, 1.807) is 6.21 Å². The first-order chi connectivity index (χ1) is 18.8. The molecule has 0 aliphatic carbocycles. The molecule has 0 aliphatic rings. The van der Waals surface area contributed by atoms with E-state index in [2.05, 4.69) is 20.7 Å². The number of thioether (sulfide) groups is 1. The molecule has 188 valence electrons. The fraction of sp³-hybridized carbons (Fsp3) is 0.0667. The molecule has 1 heterocycles. The molecule has 1 aromatic heterocycles. The number of hydrogen-bond acceptors (Lipinski definition) is 6. The van der Waals surface area contributed by atoms with Gasteiger partial charge in [-0.25, -0.2) is 5.43 Å². The quantitative estimate of drug-likeness (QED) is 0.144. The third-order valence-corrected chi connectivity index (χ3v) is 6.47. The van der Waals surface area contributed by atoms with E-state index < -0.39 is 0 Å². The van der Waals surface area contributed by atoms with Gasteiger partial charge in [-0.2, -0.15) is 5.10 Å². The molecule has 4 aromatic carbocycles. The topological polar surface area (TPSA) is 81.4 Å². The Hall–Kier alpha value is -4.69. The molecule has 0 fully saturated rings. The fourth-order valence-electron chi connectivity index (χ4n) is 3.68. The number of aromatic nitrogens is 3. The van der Waals surface area contributed by atoms with E-state index in [0.29, 0.717) is 17.6 Å². The first-order valence-corrected chi connectivity index (χ1v) is 13.0. The molecule has 1 N–H and O–H groups in total. The van der Waals surface area contributed by atoms with Crippen LogP contribution in [0, 0.1) is 0 Å². The van der Waals surface area contributed by atoms with Crippen LogP contribution in [0.15, 0.2) is 126 Å². The summed E-state index contributed by atoms with van der Waals surface area (Å²) in [5, 5.41) is 13.5. The average molecular weight is 520 g/mol. The highest BCUT2D eigenvalue weighted by Crippen LogP contribution is 2.27. The number of nitrogens with zero attached hydrogens (tertiary/aromatic N) is 4. The van der Waals surface area contributed by atoms with Crippen LogP contribution in [0.5, 0.6) is 5.75 Å². The minimum atomic E-state index is -0.238. The SMILES string of the molecule is O=C(CSc1nnc(-c2ccccc2)n1-c1ccccc1)N/N=C\c1ccc(OCc2ccccc2)cc1. The highest BCUT2D eigenvalue weighted by atomic mass is 32.2. The van der Waals surface area contributed by atoms with Crippen LogP contribution >= 0.6 is 11.8 Å². The third kappa shape index (κ3) is 6.54. The zero-order valence-corrected chi connectivity index (χ0v) is 21.3. The Balaban J connectivity index is 1.17. The second kappa shape index (κ2) is 12.5. The summed E-state index contributed by atoms with van der Waals surface area (Å²) in [7, 11) is 0. The maximum atomic E-state index is 12.5. The maximum absolute atomic E-state index is 12.5. The van der Waals surface area contributed by atoms with Crippen LogP contribution in [-0.2, 0) is 11.4 Å². The molecule has 0 spiro atoms. The van der Waals surface area contributed by atoms with Crippen LogP contribution < -0.4 is 10.2 Å². The number of carbonyl (C=O) groups excluding carboxylic acids is 1. The summed E-state index contributed by atoms with van der Waals surface area (Å²) in [6, 6.07) is 37.2. The maximum Gasteiger partial charge on any atom is 0.250 e. The zero-order valence-electron chi connectivity index (χ0n) is 20.5. The van der Waals surface area contributed by atoms with E-state index in [0.717, 1.165) is 28.1 Å². The van der Waals surface area contributed by atoms with Crippen molar-refractivity contribution in [2.24, 2.45) is 5.10 Å². The molecule has 5 rings (SSSR count). The Kier molecular flexibility index (Phi) is 8.23. The van der Waals surface area contributed by atoms with Crippen molar-refractivity contribution in [3.8, 4) is 22.8 Å². The molecule has 0 unspecified atom stereocenters. The lowest BCUT2D eigenvalue weighted by atomic mass is 10.2. The van der Waals surface area contributed by atoms with E-state index in [9.17, 15) is 4.79 Å². The number of hydrazone groups is 1. The molecular weight excluding hydrogens is 494 g/mol. The van der Waals surface area contributed by atoms with Gasteiger partial charge in [0.2, 0.25) is 0 Å². The van der Waals surface area contributed by atoms with Crippen LogP contribution in [0.3, 0.4) is 0 Å². The third-order valence-electron chi connectivity index (χ3n) is 5.54. The Morgan fingerprint density at radius 2 is 1.50 bits per heavy atom. The van der Waals surface area contributed by atoms with Gasteiger partial charge in [-0.15, -0.1) is 10.2 Å². The highest BCUT2D eigenvalue weighted by Gasteiger charge is 2.17. The van der Waals surface area contributed by atoms with Crippen molar-refractivity contribution in [2.45, 2.75) is 11.8 Å². The number of amides is 1. The summed E-state index contributed by atoms with van der Waals surface area (Å²) in [6.07, 6.45) is 1.60. The Bertz CT molecular complexity index is 1490. The van der Waals surface area contributed by atoms with E-state index in [1.807, 2.05) is 120 Å². The number of carbonyl (C=O) groups is 1. The molecule has 7 nitrogen and oxygen atoms in total. The molecule has 0 saturated heterocycles. The first-order valence-electron chi connectivity index (χ1n) is 12.0. The predicted octanol–water partition coefficient (Wildman–Crippen LogP) is 5.76. The number of ether oxygens (including phenoxy) is 1. The second-order valence-electron chi connectivity index (χ2n) is 8.27. The van der Waals surface area contributed by atoms with Gasteiger partial charge in [-0.05, 0) is 47.5 Å². The summed E-state index contributed by atoms with van der Waals surface area (Å²) in [4.78, 5) is 12.5. The van der Waals surface area contributed by atoms with Crippen LogP contribution in [0.2, 0.25) is 0 Å². The van der Waals surface area contributed by atoms with Crippen molar-refractivity contribution in [3.63, 3.8) is 0 Å². The second-order valence-corrected chi connectivity index (χ2v) is 9.21. The van der Waals surface area contributed by atoms with Crippen LogP contribution in [0.4, 0.5) is 0 Å². The molecular formula is C30H25N5O2S. The molecule has 8 heteroatoms. The van der Waals surface area contributed by atoms with Gasteiger partial charge in [0.05, 0.1) is 12.0 Å². The smallest absolute Gasteiger partial charge is 0.250 e. The molecule has 5 aromatic rings. The number of benzene rings is 4.